The number of hydrogen-bond donors (Lipinski definition) is 2. The highest BCUT2D eigenvalue weighted by Gasteiger charge is 2.31. The summed E-state index contributed by atoms with van der Waals surface area (Å²) in [5, 5.41) is 0. The summed E-state index contributed by atoms with van der Waals surface area (Å²) in [5.74, 6) is 3.48. The summed E-state index contributed by atoms with van der Waals surface area (Å²) >= 11 is 0. The zero-order valence-corrected chi connectivity index (χ0v) is 89.3. The number of rotatable bonds is 80. The van der Waals surface area contributed by atoms with Crippen molar-refractivity contribution < 1.29 is 36.9 Å². The molecule has 9 rings (SSSR count). The second-order valence-electron chi connectivity index (χ2n) is 41.7. The molecule has 12 nitrogen and oxygen atoms in total. The van der Waals surface area contributed by atoms with Gasteiger partial charge < -0.3 is 46.8 Å². The topological polar surface area (TPSA) is 94.3 Å². The van der Waals surface area contributed by atoms with Crippen LogP contribution in [0.1, 0.15) is 414 Å². The summed E-state index contributed by atoms with van der Waals surface area (Å²) in [6.07, 6.45) is 70.1. The second-order valence-corrected chi connectivity index (χ2v) is 41.7. The Kier molecular flexibility index (Phi) is 54.0. The van der Waals surface area contributed by atoms with Crippen LogP contribution >= 0.6 is 0 Å². The largest absolute Gasteiger partial charge is 0.494 e. The summed E-state index contributed by atoms with van der Waals surface area (Å²) in [6, 6.07) is 44.1. The Bertz CT molecular complexity index is 3970. The van der Waals surface area contributed by atoms with Crippen molar-refractivity contribution in [2.45, 2.75) is 391 Å². The molecule has 0 saturated carbocycles. The van der Waals surface area contributed by atoms with Gasteiger partial charge in [0, 0.05) is 44.3 Å². The van der Waals surface area contributed by atoms with Gasteiger partial charge in [0.1, 0.15) is 23.0 Å². The fraction of sp³-hybridized carbons (Fsp3) is 0.645. The Hall–Kier alpha value is -7.48. The van der Waals surface area contributed by atoms with E-state index in [1.165, 1.54) is 405 Å². The molecule has 0 fully saturated rings. The molecular weight excluding hydrogens is 1670 g/mol. The first-order valence-corrected chi connectivity index (χ1v) is 57.3. The van der Waals surface area contributed by atoms with E-state index in [0.29, 0.717) is 26.4 Å². The van der Waals surface area contributed by atoms with Gasteiger partial charge in [-0.15, -0.1) is 0 Å². The van der Waals surface area contributed by atoms with Crippen LogP contribution in [-0.4, -0.2) is 169 Å². The number of hydrogen-bond acceptors (Lipinski definition) is 6. The number of nitrogens with zero attached hydrogens (tertiary/aromatic N) is 6. The van der Waals surface area contributed by atoms with Crippen LogP contribution in [0.5, 0.6) is 23.0 Å². The van der Waals surface area contributed by atoms with Crippen molar-refractivity contribution in [1.82, 2.24) is 19.9 Å². The maximum Gasteiger partial charge on any atom is 0.119 e. The van der Waals surface area contributed by atoms with Crippen molar-refractivity contribution in [2.75, 3.05) is 131 Å². The van der Waals surface area contributed by atoms with Gasteiger partial charge in [-0.05, 0) is 273 Å². The third kappa shape index (κ3) is 38.2. The molecule has 8 bridgehead atoms. The minimum absolute atomic E-state index is 0.677. The van der Waals surface area contributed by atoms with Crippen LogP contribution in [0.15, 0.2) is 121 Å². The molecular formula is C124H198N8O4+4. The Morgan fingerprint density at radius 3 is 0.529 bits per heavy atom. The number of nitrogens with one attached hydrogen (secondary N) is 2. The van der Waals surface area contributed by atoms with Gasteiger partial charge in [0.2, 0.25) is 0 Å². The summed E-state index contributed by atoms with van der Waals surface area (Å²) in [7, 11) is 0. The molecule has 0 spiro atoms. The molecule has 0 aliphatic carbocycles. The van der Waals surface area contributed by atoms with E-state index >= 15 is 0 Å². The molecule has 2 N–H and O–H groups in total. The molecule has 2 aliphatic heterocycles. The van der Waals surface area contributed by atoms with E-state index in [9.17, 15) is 0 Å². The van der Waals surface area contributed by atoms with Gasteiger partial charge in [0.25, 0.3) is 0 Å². The van der Waals surface area contributed by atoms with Crippen LogP contribution in [0.25, 0.3) is 90.9 Å². The summed E-state index contributed by atoms with van der Waals surface area (Å²) in [4.78, 5) is 19.9. The van der Waals surface area contributed by atoms with Crippen molar-refractivity contribution in [3.05, 3.63) is 144 Å². The molecule has 754 valence electrons. The van der Waals surface area contributed by atoms with Gasteiger partial charge in [0.15, 0.2) is 0 Å². The fourth-order valence-corrected chi connectivity index (χ4v) is 21.8. The molecule has 3 aromatic heterocycles. The van der Waals surface area contributed by atoms with E-state index < -0.39 is 0 Å². The van der Waals surface area contributed by atoms with Crippen molar-refractivity contribution in [3.63, 3.8) is 0 Å². The minimum atomic E-state index is 0.677. The molecule has 12 heteroatoms. The van der Waals surface area contributed by atoms with Crippen LogP contribution in [0.3, 0.4) is 0 Å². The molecule has 4 aromatic carbocycles. The van der Waals surface area contributed by atoms with Crippen molar-refractivity contribution in [2.24, 2.45) is 0 Å². The highest BCUT2D eigenvalue weighted by Crippen LogP contribution is 2.42. The van der Waals surface area contributed by atoms with Crippen LogP contribution in [0.2, 0.25) is 0 Å². The lowest BCUT2D eigenvalue weighted by Gasteiger charge is -2.39. The standard InChI is InChI=1S/C124H198N8O4/c1-13-25-81-129(82-26-14-2,83-27-15-3)93-53-45-37-41-49-57-97-133-109-69-61-65-105(101-109)121-113-73-75-115(125-113)122(106-66-62-70-110(102-106)134-98-58-50-42-38-46-54-94-130(84-28-16-4,85-29-17-5)86-30-18-6)117-77-79-119(127-117)124(108-68-64-72-112(104-108)136-100-60-52-44-40-48-56-96-132(90-34-22-10,91-35-23-11)92-36-24-12)120-80-78-118(128-120)123(116-76-74-114(121)126-116)107-67-63-71-111(103-107)135-99-59-51-43-39-47-55-95-131(87-31-19-7,88-32-20-8)89-33-21-9/h61-80,101-104,125,128H,13-60,81-100H2,1-12H3/q+4. The van der Waals surface area contributed by atoms with Gasteiger partial charge in [-0.25, -0.2) is 9.97 Å². The number of benzene rings is 4. The third-order valence-corrected chi connectivity index (χ3v) is 30.3. The van der Waals surface area contributed by atoms with Gasteiger partial charge >= 0.3 is 0 Å². The van der Waals surface area contributed by atoms with Gasteiger partial charge in [-0.3, -0.25) is 0 Å². The number of aromatic amines is 2. The molecule has 7 aromatic rings. The highest BCUT2D eigenvalue weighted by atomic mass is 16.5. The predicted octanol–water partition coefficient (Wildman–Crippen LogP) is 35.1. The van der Waals surface area contributed by atoms with E-state index in [1.807, 2.05) is 0 Å². The highest BCUT2D eigenvalue weighted by molar-refractivity contribution is 6.00. The first-order chi connectivity index (χ1) is 66.8. The normalized spacial score (nSPS) is 12.4. The average molecular weight is 1860 g/mol. The summed E-state index contributed by atoms with van der Waals surface area (Å²) in [6.45, 7) is 52.7. The summed E-state index contributed by atoms with van der Waals surface area (Å²) in [5.41, 5.74) is 15.4. The van der Waals surface area contributed by atoms with Gasteiger partial charge in [-0.1, -0.05) is 286 Å². The molecule has 0 saturated heterocycles. The maximum atomic E-state index is 6.81. The maximum absolute atomic E-state index is 6.81. The number of H-pyrrole nitrogens is 2. The number of unbranched alkanes of at least 4 members (excludes halogenated alkanes) is 32. The monoisotopic (exact) mass is 1860 g/mol. The Morgan fingerprint density at radius 1 is 0.191 bits per heavy atom. The molecule has 5 heterocycles. The van der Waals surface area contributed by atoms with Crippen LogP contribution < -0.4 is 18.9 Å². The molecule has 2 aliphatic rings. The Labute approximate surface area is 832 Å². The molecule has 0 amide bonds. The number of aromatic nitrogens is 4. The minimum Gasteiger partial charge on any atom is -0.494 e. The number of quaternary nitrogens is 4. The third-order valence-electron chi connectivity index (χ3n) is 30.3. The lowest BCUT2D eigenvalue weighted by Crippen LogP contribution is -2.50. The SMILES string of the molecule is CCCC[N+](CCCC)(CCCC)CCCCCCCCOc1cccc(-c2c3nc(c(-c4cccc(OCCCCCCCC[N+](CCCC)(CCCC)CCCC)c4)c4ccc([nH]4)c(-c4cccc(OCCCCCCCC[N+](CCCC)(CCCC)CCCC)c4)c4nc(c(-c5cccc(OCCCCCCCC[N+](CCCC)(CCCC)CCCC)c5)c5ccc2[nH]5)C=C4)C=C3)c1. The zero-order valence-electron chi connectivity index (χ0n) is 89.3. The van der Waals surface area contributed by atoms with Crippen molar-refractivity contribution in [1.29, 1.82) is 0 Å². The number of ether oxygens (including phenoxy) is 4. The second kappa shape index (κ2) is 65.5. The van der Waals surface area contributed by atoms with Gasteiger partial charge in [-0.2, -0.15) is 0 Å². The van der Waals surface area contributed by atoms with Crippen LogP contribution in [0.4, 0.5) is 0 Å². The lowest BCUT2D eigenvalue weighted by atomic mass is 10.0. The molecule has 0 radical (unpaired) electrons. The van der Waals surface area contributed by atoms with E-state index in [1.54, 1.807) is 0 Å². The predicted molar refractivity (Wildman–Crippen MR) is 591 cm³/mol. The summed E-state index contributed by atoms with van der Waals surface area (Å²) < 4.78 is 32.6. The first kappa shape index (κ1) is 112. The molecule has 0 unspecified atom stereocenters. The van der Waals surface area contributed by atoms with E-state index in [0.717, 1.165) is 138 Å². The first-order valence-electron chi connectivity index (χ1n) is 57.3. The van der Waals surface area contributed by atoms with Crippen molar-refractivity contribution in [3.8, 4) is 67.5 Å². The van der Waals surface area contributed by atoms with E-state index in [2.05, 4.69) is 239 Å². The van der Waals surface area contributed by atoms with E-state index in [-0.39, 0.29) is 0 Å². The lowest BCUT2D eigenvalue weighted by molar-refractivity contribution is -0.929. The van der Waals surface area contributed by atoms with E-state index in [4.69, 9.17) is 28.9 Å². The van der Waals surface area contributed by atoms with Crippen LogP contribution in [-0.2, 0) is 0 Å². The Morgan fingerprint density at radius 2 is 0.353 bits per heavy atom. The Balaban J connectivity index is 1.04. The molecule has 136 heavy (non-hydrogen) atoms. The smallest absolute Gasteiger partial charge is 0.119 e. The van der Waals surface area contributed by atoms with Crippen molar-refractivity contribution >= 4 is 46.4 Å². The average Bonchev–Trinajstić information content (AvgIpc) is 1.61. The zero-order chi connectivity index (χ0) is 96.3. The van der Waals surface area contributed by atoms with Gasteiger partial charge in [0.05, 0.1) is 154 Å². The quantitative estimate of drug-likeness (QED) is 0.0291. The number of fused-ring (bicyclic) bond motifs is 8. The molecule has 0 atom stereocenters. The fourth-order valence-electron chi connectivity index (χ4n) is 21.8. The van der Waals surface area contributed by atoms with Crippen LogP contribution in [0, 0.1) is 0 Å².